The molecule has 2 fully saturated rings. The summed E-state index contributed by atoms with van der Waals surface area (Å²) < 4.78 is 0. The molecule has 1 saturated heterocycles. The molecule has 0 spiro atoms. The van der Waals surface area contributed by atoms with Gasteiger partial charge in [-0.2, -0.15) is 0 Å². The van der Waals surface area contributed by atoms with Gasteiger partial charge in [-0.15, -0.1) is 37.2 Å². The van der Waals surface area contributed by atoms with Gasteiger partial charge in [0.25, 0.3) is 0 Å². The molecule has 1 aromatic rings. The number of pyridine rings is 1. The van der Waals surface area contributed by atoms with Gasteiger partial charge in [0.05, 0.1) is 0 Å². The van der Waals surface area contributed by atoms with Crippen LogP contribution in [-0.4, -0.2) is 55.6 Å². The molecule has 6 nitrogen and oxygen atoms in total. The third kappa shape index (κ3) is 8.10. The van der Waals surface area contributed by atoms with Crippen LogP contribution in [0.4, 0.5) is 5.82 Å². The molecular weight excluding hydrogens is 433 g/mol. The SMILES string of the molecule is CN1CCN(c2ccc(CNC(=O)CC3(CN)CCCCC3)cn2)CC1.Cl.Cl.Cl. The minimum absolute atomic E-state index is 0. The molecular formula is C20H36Cl3N5O. The fourth-order valence-corrected chi connectivity index (χ4v) is 4.10. The van der Waals surface area contributed by atoms with Crippen LogP contribution in [-0.2, 0) is 11.3 Å². The number of nitrogens with one attached hydrogen (secondary N) is 1. The molecule has 1 saturated carbocycles. The van der Waals surface area contributed by atoms with E-state index in [2.05, 4.69) is 39.3 Å². The molecule has 1 amide bonds. The maximum Gasteiger partial charge on any atom is 0.220 e. The average Bonchev–Trinajstić information content (AvgIpc) is 2.68. The third-order valence-electron chi connectivity index (χ3n) is 6.01. The highest BCUT2D eigenvalue weighted by Crippen LogP contribution is 2.38. The summed E-state index contributed by atoms with van der Waals surface area (Å²) >= 11 is 0. The monoisotopic (exact) mass is 467 g/mol. The second kappa shape index (κ2) is 13.5. The molecule has 0 radical (unpaired) electrons. The fourth-order valence-electron chi connectivity index (χ4n) is 4.10. The standard InChI is InChI=1S/C20H33N5O.3ClH/c1-24-9-11-25(12-10-24)18-6-5-17(14-22-18)15-23-19(26)13-20(16-21)7-3-2-4-8-20;;;/h5-6,14H,2-4,7-13,15-16,21H2,1H3,(H,23,26);3*1H. The highest BCUT2D eigenvalue weighted by atomic mass is 35.5. The van der Waals surface area contributed by atoms with Gasteiger partial charge in [-0.25, -0.2) is 4.98 Å². The third-order valence-corrected chi connectivity index (χ3v) is 6.01. The Kier molecular flexibility index (Phi) is 13.1. The van der Waals surface area contributed by atoms with Gasteiger partial charge in [0.2, 0.25) is 5.91 Å². The van der Waals surface area contributed by atoms with Gasteiger partial charge >= 0.3 is 0 Å². The van der Waals surface area contributed by atoms with Crippen LogP contribution in [0.1, 0.15) is 44.1 Å². The zero-order valence-electron chi connectivity index (χ0n) is 17.3. The lowest BCUT2D eigenvalue weighted by atomic mass is 9.71. The Morgan fingerprint density at radius 2 is 1.76 bits per heavy atom. The zero-order chi connectivity index (χ0) is 18.4. The van der Waals surface area contributed by atoms with E-state index in [9.17, 15) is 4.79 Å². The number of carbonyl (C=O) groups is 1. The van der Waals surface area contributed by atoms with Crippen LogP contribution in [0.15, 0.2) is 18.3 Å². The fraction of sp³-hybridized carbons (Fsp3) is 0.700. The molecule has 0 unspecified atom stereocenters. The van der Waals surface area contributed by atoms with Crippen molar-refractivity contribution in [3.63, 3.8) is 0 Å². The summed E-state index contributed by atoms with van der Waals surface area (Å²) in [7, 11) is 2.15. The van der Waals surface area contributed by atoms with Crippen molar-refractivity contribution in [1.29, 1.82) is 0 Å². The number of halogens is 3. The highest BCUT2D eigenvalue weighted by molar-refractivity contribution is 5.86. The number of carbonyl (C=O) groups excluding carboxylic acids is 1. The molecule has 168 valence electrons. The number of aromatic nitrogens is 1. The lowest BCUT2D eigenvalue weighted by Crippen LogP contribution is -2.44. The molecule has 1 aromatic heterocycles. The molecule has 9 heteroatoms. The molecule has 3 rings (SSSR count). The Hall–Kier alpha value is -0.790. The van der Waals surface area contributed by atoms with Crippen molar-refractivity contribution in [2.45, 2.75) is 45.1 Å². The van der Waals surface area contributed by atoms with E-state index < -0.39 is 0 Å². The minimum atomic E-state index is 0. The molecule has 2 aliphatic rings. The van der Waals surface area contributed by atoms with E-state index in [1.807, 2.05) is 6.20 Å². The van der Waals surface area contributed by atoms with Crippen molar-refractivity contribution in [1.82, 2.24) is 15.2 Å². The van der Waals surface area contributed by atoms with Gasteiger partial charge in [-0.3, -0.25) is 4.79 Å². The quantitative estimate of drug-likeness (QED) is 0.671. The zero-order valence-corrected chi connectivity index (χ0v) is 19.7. The maximum atomic E-state index is 12.4. The van der Waals surface area contributed by atoms with Crippen molar-refractivity contribution in [2.75, 3.05) is 44.7 Å². The number of nitrogens with two attached hydrogens (primary N) is 1. The molecule has 2 heterocycles. The van der Waals surface area contributed by atoms with Crippen LogP contribution in [0.2, 0.25) is 0 Å². The number of amides is 1. The number of piperazine rings is 1. The Balaban J connectivity index is 0.00000261. The van der Waals surface area contributed by atoms with Gasteiger partial charge in [0.1, 0.15) is 5.82 Å². The van der Waals surface area contributed by atoms with E-state index in [1.165, 1.54) is 19.3 Å². The molecule has 1 aliphatic heterocycles. The molecule has 0 bridgehead atoms. The Bertz CT molecular complexity index is 588. The summed E-state index contributed by atoms with van der Waals surface area (Å²) in [4.78, 5) is 21.6. The summed E-state index contributed by atoms with van der Waals surface area (Å²) in [6.45, 7) is 5.32. The predicted molar refractivity (Wildman–Crippen MR) is 127 cm³/mol. The number of likely N-dealkylation sites (N-methyl/N-ethyl adjacent to an activating group) is 1. The smallest absolute Gasteiger partial charge is 0.220 e. The molecule has 0 aromatic carbocycles. The second-order valence-electron chi connectivity index (χ2n) is 8.03. The van der Waals surface area contributed by atoms with E-state index in [-0.39, 0.29) is 48.5 Å². The summed E-state index contributed by atoms with van der Waals surface area (Å²) in [5.41, 5.74) is 7.06. The van der Waals surface area contributed by atoms with Crippen molar-refractivity contribution >= 4 is 48.9 Å². The van der Waals surface area contributed by atoms with Gasteiger partial charge in [-0.1, -0.05) is 25.3 Å². The Morgan fingerprint density at radius 3 is 2.31 bits per heavy atom. The summed E-state index contributed by atoms with van der Waals surface area (Å²) in [5.74, 6) is 1.14. The number of nitrogens with zero attached hydrogens (tertiary/aromatic N) is 3. The van der Waals surface area contributed by atoms with Crippen LogP contribution in [0.5, 0.6) is 0 Å². The molecule has 3 N–H and O–H groups in total. The second-order valence-corrected chi connectivity index (χ2v) is 8.03. The number of hydrogen-bond acceptors (Lipinski definition) is 5. The maximum absolute atomic E-state index is 12.4. The van der Waals surface area contributed by atoms with E-state index >= 15 is 0 Å². The van der Waals surface area contributed by atoms with Crippen molar-refractivity contribution in [3.05, 3.63) is 23.9 Å². The molecule has 29 heavy (non-hydrogen) atoms. The van der Waals surface area contributed by atoms with Crippen molar-refractivity contribution in [3.8, 4) is 0 Å². The number of hydrogen-bond donors (Lipinski definition) is 2. The number of anilines is 1. The van der Waals surface area contributed by atoms with Crippen LogP contribution in [0.3, 0.4) is 0 Å². The van der Waals surface area contributed by atoms with Crippen LogP contribution in [0, 0.1) is 5.41 Å². The summed E-state index contributed by atoms with van der Waals surface area (Å²) in [6.07, 6.45) is 8.26. The average molecular weight is 469 g/mol. The molecule has 1 aliphatic carbocycles. The van der Waals surface area contributed by atoms with E-state index in [0.717, 1.165) is 50.4 Å². The first kappa shape index (κ1) is 28.2. The van der Waals surface area contributed by atoms with Crippen molar-refractivity contribution < 1.29 is 4.79 Å². The largest absolute Gasteiger partial charge is 0.354 e. The number of rotatable bonds is 6. The highest BCUT2D eigenvalue weighted by Gasteiger charge is 2.32. The Labute approximate surface area is 193 Å². The van der Waals surface area contributed by atoms with Gasteiger partial charge < -0.3 is 20.9 Å². The van der Waals surface area contributed by atoms with Crippen LogP contribution >= 0.6 is 37.2 Å². The lowest BCUT2D eigenvalue weighted by Gasteiger charge is -2.35. The lowest BCUT2D eigenvalue weighted by molar-refractivity contribution is -0.124. The molecule has 0 atom stereocenters. The Morgan fingerprint density at radius 1 is 1.10 bits per heavy atom. The first-order valence-corrected chi connectivity index (χ1v) is 9.95. The van der Waals surface area contributed by atoms with E-state index in [0.29, 0.717) is 19.5 Å². The summed E-state index contributed by atoms with van der Waals surface area (Å²) in [5, 5.41) is 3.06. The normalized spacial score (nSPS) is 18.6. The summed E-state index contributed by atoms with van der Waals surface area (Å²) in [6, 6.07) is 4.13. The van der Waals surface area contributed by atoms with Gasteiger partial charge in [0.15, 0.2) is 0 Å². The first-order valence-electron chi connectivity index (χ1n) is 9.95. The minimum Gasteiger partial charge on any atom is -0.354 e. The predicted octanol–water partition coefficient (Wildman–Crippen LogP) is 3.01. The van der Waals surface area contributed by atoms with Crippen molar-refractivity contribution in [2.24, 2.45) is 11.1 Å². The van der Waals surface area contributed by atoms with Crippen LogP contribution in [0.25, 0.3) is 0 Å². The topological polar surface area (TPSA) is 74.5 Å². The van der Waals surface area contributed by atoms with E-state index in [4.69, 9.17) is 5.73 Å². The first-order chi connectivity index (χ1) is 12.6. The van der Waals surface area contributed by atoms with E-state index in [1.54, 1.807) is 0 Å². The van der Waals surface area contributed by atoms with Crippen LogP contribution < -0.4 is 16.0 Å². The van der Waals surface area contributed by atoms with Gasteiger partial charge in [0, 0.05) is 45.3 Å². The van der Waals surface area contributed by atoms with Gasteiger partial charge in [-0.05, 0) is 43.5 Å².